The van der Waals surface area contributed by atoms with Gasteiger partial charge in [-0.25, -0.2) is 4.39 Å². The van der Waals surface area contributed by atoms with Crippen molar-refractivity contribution in [2.75, 3.05) is 12.4 Å². The lowest BCUT2D eigenvalue weighted by molar-refractivity contribution is -0.218. The summed E-state index contributed by atoms with van der Waals surface area (Å²) < 4.78 is 61.9. The lowest BCUT2D eigenvalue weighted by Gasteiger charge is -2.23. The van der Waals surface area contributed by atoms with Gasteiger partial charge in [-0.1, -0.05) is 18.7 Å². The van der Waals surface area contributed by atoms with Crippen LogP contribution in [0.5, 0.6) is 0 Å². The number of carbonyl (C=O) groups excluding carboxylic acids is 1. The van der Waals surface area contributed by atoms with Gasteiger partial charge in [-0.2, -0.15) is 17.6 Å². The molecular formula is C9H13F5OS. The van der Waals surface area contributed by atoms with Gasteiger partial charge in [-0.15, -0.1) is 0 Å². The van der Waals surface area contributed by atoms with Gasteiger partial charge >= 0.3 is 11.8 Å². The molecule has 0 aliphatic carbocycles. The molecule has 0 fully saturated rings. The van der Waals surface area contributed by atoms with Crippen molar-refractivity contribution < 1.29 is 26.7 Å². The Hall–Kier alpha value is -0.330. The Morgan fingerprint density at radius 2 is 1.75 bits per heavy atom. The number of hydrogen-bond donors (Lipinski definition) is 0. The lowest BCUT2D eigenvalue weighted by Crippen LogP contribution is -2.42. The van der Waals surface area contributed by atoms with E-state index in [0.29, 0.717) is 0 Å². The van der Waals surface area contributed by atoms with Crippen LogP contribution in [0.2, 0.25) is 0 Å². The largest absolute Gasteiger partial charge is 0.337 e. The highest BCUT2D eigenvalue weighted by Crippen LogP contribution is 2.38. The van der Waals surface area contributed by atoms with E-state index in [4.69, 9.17) is 0 Å². The Kier molecular flexibility index (Phi) is 6.28. The van der Waals surface area contributed by atoms with Crippen LogP contribution in [0.4, 0.5) is 22.0 Å². The summed E-state index contributed by atoms with van der Waals surface area (Å²) >= 11 is 0.824. The number of alkyl halides is 5. The van der Waals surface area contributed by atoms with E-state index in [9.17, 15) is 26.7 Å². The molecule has 0 aliphatic rings. The number of hydrogen-bond acceptors (Lipinski definition) is 2. The molecular weight excluding hydrogens is 251 g/mol. The maximum Gasteiger partial charge on any atom is 0.337 e. The van der Waals surface area contributed by atoms with Crippen LogP contribution >= 0.6 is 11.8 Å². The fraction of sp³-hybridized carbons (Fsp3) is 0.889. The summed E-state index contributed by atoms with van der Waals surface area (Å²) in [6.45, 7) is -0.762. The fourth-order valence-corrected chi connectivity index (χ4v) is 1.58. The predicted molar refractivity (Wildman–Crippen MR) is 52.9 cm³/mol. The second-order valence-corrected chi connectivity index (χ2v) is 4.37. The summed E-state index contributed by atoms with van der Waals surface area (Å²) in [6, 6.07) is 0. The molecule has 96 valence electrons. The van der Waals surface area contributed by atoms with Gasteiger partial charge in [0.25, 0.3) is 0 Å². The van der Waals surface area contributed by atoms with E-state index in [0.717, 1.165) is 11.8 Å². The van der Waals surface area contributed by atoms with E-state index < -0.39 is 24.9 Å². The summed E-state index contributed by atoms with van der Waals surface area (Å²) in [7, 11) is 0. The minimum Gasteiger partial charge on any atom is -0.287 e. The van der Waals surface area contributed by atoms with E-state index in [1.165, 1.54) is 0 Å². The number of halogens is 5. The van der Waals surface area contributed by atoms with Gasteiger partial charge in [0.05, 0.1) is 0 Å². The minimum absolute atomic E-state index is 0.0463. The molecule has 16 heavy (non-hydrogen) atoms. The smallest absolute Gasteiger partial charge is 0.287 e. The second-order valence-electron chi connectivity index (χ2n) is 3.22. The summed E-state index contributed by atoms with van der Waals surface area (Å²) in [5.41, 5.74) is 0. The third-order valence-corrected chi connectivity index (χ3v) is 2.99. The molecule has 0 aromatic heterocycles. The van der Waals surface area contributed by atoms with Crippen molar-refractivity contribution in [3.05, 3.63) is 0 Å². The topological polar surface area (TPSA) is 17.1 Å². The van der Waals surface area contributed by atoms with Gasteiger partial charge in [0, 0.05) is 18.6 Å². The van der Waals surface area contributed by atoms with Crippen LogP contribution < -0.4 is 0 Å². The number of rotatable bonds is 7. The second kappa shape index (κ2) is 6.42. The molecule has 0 aromatic rings. The fourth-order valence-electron chi connectivity index (χ4n) is 0.863. The summed E-state index contributed by atoms with van der Waals surface area (Å²) in [4.78, 5) is 10.8. The molecule has 0 N–H and O–H groups in total. The van der Waals surface area contributed by atoms with Crippen LogP contribution in [-0.4, -0.2) is 29.4 Å². The van der Waals surface area contributed by atoms with Crippen molar-refractivity contribution in [2.45, 2.75) is 38.0 Å². The Labute approximate surface area is 94.8 Å². The van der Waals surface area contributed by atoms with Crippen molar-refractivity contribution in [1.29, 1.82) is 0 Å². The maximum atomic E-state index is 12.7. The number of thioether (sulfide) groups is 1. The Morgan fingerprint density at radius 3 is 2.19 bits per heavy atom. The van der Waals surface area contributed by atoms with Crippen molar-refractivity contribution >= 4 is 16.9 Å². The van der Waals surface area contributed by atoms with Crippen LogP contribution in [0.1, 0.15) is 26.2 Å². The van der Waals surface area contributed by atoms with E-state index in [1.54, 1.807) is 6.92 Å². The average molecular weight is 264 g/mol. The third kappa shape index (κ3) is 4.67. The minimum atomic E-state index is -4.62. The van der Waals surface area contributed by atoms with Gasteiger partial charge < -0.3 is 0 Å². The van der Waals surface area contributed by atoms with Crippen LogP contribution in [0.25, 0.3) is 0 Å². The summed E-state index contributed by atoms with van der Waals surface area (Å²) in [5, 5.41) is -0.180. The lowest BCUT2D eigenvalue weighted by atomic mass is 10.1. The highest BCUT2D eigenvalue weighted by atomic mass is 32.2. The van der Waals surface area contributed by atoms with E-state index in [2.05, 4.69) is 0 Å². The van der Waals surface area contributed by atoms with E-state index in [1.807, 2.05) is 0 Å². The molecule has 1 nitrogen and oxygen atoms in total. The van der Waals surface area contributed by atoms with E-state index >= 15 is 0 Å². The molecule has 0 bridgehead atoms. The summed E-state index contributed by atoms with van der Waals surface area (Å²) in [6.07, 6.45) is -1.10. The molecule has 0 radical (unpaired) electrons. The first-order valence-corrected chi connectivity index (χ1v) is 5.72. The van der Waals surface area contributed by atoms with Gasteiger partial charge in [-0.05, 0) is 6.42 Å². The summed E-state index contributed by atoms with van der Waals surface area (Å²) in [5.74, 6) is -8.92. The highest BCUT2D eigenvalue weighted by molar-refractivity contribution is 8.13. The van der Waals surface area contributed by atoms with Crippen molar-refractivity contribution in [3.8, 4) is 0 Å². The standard InChI is InChI=1S/C9H13F5OS/c1-2-7(15)16-5-3-4-8(11,12)9(13,14)6-10/h2-6H2,1H3. The molecule has 7 heteroatoms. The molecule has 0 rings (SSSR count). The molecule has 0 spiro atoms. The molecule has 0 saturated heterocycles. The molecule has 0 saturated carbocycles. The molecule has 0 amide bonds. The SMILES string of the molecule is CCC(=O)SCCCC(F)(F)C(F)(F)CF. The third-order valence-electron chi connectivity index (χ3n) is 1.89. The van der Waals surface area contributed by atoms with E-state index in [-0.39, 0.29) is 23.7 Å². The molecule has 0 aliphatic heterocycles. The van der Waals surface area contributed by atoms with Crippen molar-refractivity contribution in [3.63, 3.8) is 0 Å². The Balaban J connectivity index is 3.96. The van der Waals surface area contributed by atoms with Gasteiger partial charge in [0.1, 0.15) is 0 Å². The molecule has 0 aromatic carbocycles. The van der Waals surface area contributed by atoms with Crippen LogP contribution in [0.15, 0.2) is 0 Å². The molecule has 0 unspecified atom stereocenters. The monoisotopic (exact) mass is 264 g/mol. The van der Waals surface area contributed by atoms with Crippen molar-refractivity contribution in [2.24, 2.45) is 0 Å². The maximum absolute atomic E-state index is 12.7. The molecule has 0 heterocycles. The quantitative estimate of drug-likeness (QED) is 0.515. The Bertz CT molecular complexity index is 232. The van der Waals surface area contributed by atoms with Crippen LogP contribution in [0.3, 0.4) is 0 Å². The zero-order chi connectivity index (χ0) is 12.8. The zero-order valence-electron chi connectivity index (χ0n) is 8.74. The van der Waals surface area contributed by atoms with Gasteiger partial charge in [0.15, 0.2) is 11.8 Å². The van der Waals surface area contributed by atoms with Crippen LogP contribution in [0, 0.1) is 0 Å². The first-order chi connectivity index (χ1) is 7.27. The van der Waals surface area contributed by atoms with Gasteiger partial charge in [-0.3, -0.25) is 4.79 Å². The average Bonchev–Trinajstić information content (AvgIpc) is 2.23. The normalized spacial score (nSPS) is 12.9. The number of carbonyl (C=O) groups is 1. The van der Waals surface area contributed by atoms with Crippen molar-refractivity contribution in [1.82, 2.24) is 0 Å². The first kappa shape index (κ1) is 15.7. The van der Waals surface area contributed by atoms with Crippen LogP contribution in [-0.2, 0) is 4.79 Å². The predicted octanol–water partition coefficient (Wildman–Crippen LogP) is 3.68. The highest BCUT2D eigenvalue weighted by Gasteiger charge is 2.55. The molecule has 0 atom stereocenters. The zero-order valence-corrected chi connectivity index (χ0v) is 9.56. The van der Waals surface area contributed by atoms with Gasteiger partial charge in [0.2, 0.25) is 0 Å². The Morgan fingerprint density at radius 1 is 1.19 bits per heavy atom. The first-order valence-electron chi connectivity index (χ1n) is 4.74.